The van der Waals surface area contributed by atoms with Crippen molar-refractivity contribution >= 4 is 38.8 Å². The Bertz CT molecular complexity index is 952. The lowest BCUT2D eigenvalue weighted by molar-refractivity contribution is -0.148. The summed E-state index contributed by atoms with van der Waals surface area (Å²) in [5.41, 5.74) is 2.08. The summed E-state index contributed by atoms with van der Waals surface area (Å²) in [5, 5.41) is 19.6. The van der Waals surface area contributed by atoms with Crippen LogP contribution in [0.5, 0.6) is 0 Å². The van der Waals surface area contributed by atoms with Crippen LogP contribution in [0.4, 0.5) is 13.2 Å². The number of amides is 1. The molecule has 1 aromatic carbocycles. The third kappa shape index (κ3) is 6.47. The van der Waals surface area contributed by atoms with Gasteiger partial charge in [-0.1, -0.05) is 18.2 Å². The van der Waals surface area contributed by atoms with Gasteiger partial charge in [0.2, 0.25) is 0 Å². The Balaban J connectivity index is 1.44. The molecule has 1 unspecified atom stereocenters. The second-order valence-corrected chi connectivity index (χ2v) is 8.55. The third-order valence-electron chi connectivity index (χ3n) is 5.05. The van der Waals surface area contributed by atoms with Gasteiger partial charge in [0.25, 0.3) is 5.91 Å². The lowest BCUT2D eigenvalue weighted by atomic mass is 10.1. The molecule has 0 bridgehead atoms. The standard InChI is InChI=1S/C20H25F3N6OS/c1-13(10-14-11-26-16-5-3-2-4-15(14)16)27-18(30)17(24)31-19(25)29-8-6-28(7-9-29)12-20(21,22)23/h2-5,11,13,24-26H,6-10,12H2,1H3,(H,27,30). The van der Waals surface area contributed by atoms with Crippen molar-refractivity contribution in [1.29, 1.82) is 10.8 Å². The molecule has 0 aliphatic carbocycles. The van der Waals surface area contributed by atoms with Gasteiger partial charge in [0.05, 0.1) is 6.54 Å². The van der Waals surface area contributed by atoms with Crippen LogP contribution in [0.2, 0.25) is 0 Å². The molecule has 1 aliphatic rings. The van der Waals surface area contributed by atoms with E-state index in [-0.39, 0.29) is 42.4 Å². The minimum atomic E-state index is -4.24. The number of H-pyrrole nitrogens is 1. The van der Waals surface area contributed by atoms with Crippen molar-refractivity contribution in [3.8, 4) is 0 Å². The number of nitrogens with zero attached hydrogens (tertiary/aromatic N) is 2. The van der Waals surface area contributed by atoms with Crippen LogP contribution in [0.15, 0.2) is 30.5 Å². The van der Waals surface area contributed by atoms with Crippen LogP contribution in [0.1, 0.15) is 12.5 Å². The van der Waals surface area contributed by atoms with E-state index in [1.807, 2.05) is 37.4 Å². The first-order valence-corrected chi connectivity index (χ1v) is 10.7. The van der Waals surface area contributed by atoms with E-state index in [1.165, 1.54) is 4.90 Å². The second kappa shape index (κ2) is 9.73. The second-order valence-electron chi connectivity index (χ2n) is 7.55. The number of nitrogens with one attached hydrogen (secondary N) is 4. The smallest absolute Gasteiger partial charge is 0.361 e. The van der Waals surface area contributed by atoms with Crippen molar-refractivity contribution in [2.24, 2.45) is 0 Å². The van der Waals surface area contributed by atoms with E-state index in [1.54, 1.807) is 4.90 Å². The Kier molecular flexibility index (Phi) is 7.26. The molecule has 0 radical (unpaired) electrons. The molecule has 7 nitrogen and oxygen atoms in total. The molecule has 0 saturated carbocycles. The minimum Gasteiger partial charge on any atom is -0.361 e. The van der Waals surface area contributed by atoms with Gasteiger partial charge in [-0.3, -0.25) is 20.5 Å². The Labute approximate surface area is 182 Å². The fourth-order valence-corrected chi connectivity index (χ4v) is 4.20. The number of para-hydroxylation sites is 1. The molecule has 1 saturated heterocycles. The SMILES string of the molecule is CC(Cc1c[nH]c2ccccc12)NC(=O)C(=N)SC(=N)N1CCN(CC(F)(F)F)CC1. The molecule has 2 aromatic rings. The summed E-state index contributed by atoms with van der Waals surface area (Å²) in [6.07, 6.45) is -1.75. The lowest BCUT2D eigenvalue weighted by Crippen LogP contribution is -2.50. The zero-order valence-electron chi connectivity index (χ0n) is 17.1. The summed E-state index contributed by atoms with van der Waals surface area (Å²) in [6.45, 7) is 1.77. The lowest BCUT2D eigenvalue weighted by Gasteiger charge is -2.35. The number of piperazine rings is 1. The van der Waals surface area contributed by atoms with Crippen molar-refractivity contribution in [2.45, 2.75) is 25.6 Å². The van der Waals surface area contributed by atoms with Crippen molar-refractivity contribution < 1.29 is 18.0 Å². The average molecular weight is 455 g/mol. The summed E-state index contributed by atoms with van der Waals surface area (Å²) in [7, 11) is 0. The molecule has 2 heterocycles. The van der Waals surface area contributed by atoms with Crippen LogP contribution in [0.25, 0.3) is 10.9 Å². The number of benzene rings is 1. The van der Waals surface area contributed by atoms with Gasteiger partial charge in [0, 0.05) is 49.3 Å². The zero-order valence-corrected chi connectivity index (χ0v) is 17.9. The number of hydrogen-bond acceptors (Lipinski definition) is 5. The van der Waals surface area contributed by atoms with E-state index in [0.29, 0.717) is 18.2 Å². The molecular formula is C20H25F3N6OS. The molecule has 1 fully saturated rings. The quantitative estimate of drug-likeness (QED) is 0.422. The summed E-state index contributed by atoms with van der Waals surface area (Å²) in [4.78, 5) is 18.4. The molecule has 0 spiro atoms. The Hall–Kier alpha value is -2.53. The number of hydrogen-bond donors (Lipinski definition) is 4. The van der Waals surface area contributed by atoms with Crippen LogP contribution in [0, 0.1) is 10.8 Å². The van der Waals surface area contributed by atoms with E-state index in [2.05, 4.69) is 10.3 Å². The molecule has 11 heteroatoms. The highest BCUT2D eigenvalue weighted by atomic mass is 32.2. The van der Waals surface area contributed by atoms with Gasteiger partial charge in [-0.05, 0) is 36.7 Å². The van der Waals surface area contributed by atoms with E-state index in [0.717, 1.165) is 16.5 Å². The number of carbonyl (C=O) groups excluding carboxylic acids is 1. The van der Waals surface area contributed by atoms with Crippen LogP contribution in [-0.2, 0) is 11.2 Å². The maximum Gasteiger partial charge on any atom is 0.401 e. The van der Waals surface area contributed by atoms with Gasteiger partial charge in [-0.15, -0.1) is 0 Å². The molecular weight excluding hydrogens is 429 g/mol. The summed E-state index contributed by atoms with van der Waals surface area (Å²) < 4.78 is 37.4. The molecule has 1 atom stereocenters. The fraction of sp³-hybridized carbons (Fsp3) is 0.450. The van der Waals surface area contributed by atoms with E-state index in [9.17, 15) is 18.0 Å². The van der Waals surface area contributed by atoms with E-state index in [4.69, 9.17) is 10.8 Å². The Morgan fingerprint density at radius 1 is 1.23 bits per heavy atom. The molecule has 4 N–H and O–H groups in total. The number of thioether (sulfide) groups is 1. The highest BCUT2D eigenvalue weighted by Gasteiger charge is 2.32. The van der Waals surface area contributed by atoms with E-state index < -0.39 is 18.6 Å². The maximum absolute atomic E-state index is 12.5. The van der Waals surface area contributed by atoms with Crippen molar-refractivity contribution in [2.75, 3.05) is 32.7 Å². The topological polar surface area (TPSA) is 99.1 Å². The zero-order chi connectivity index (χ0) is 22.6. The highest BCUT2D eigenvalue weighted by Crippen LogP contribution is 2.20. The van der Waals surface area contributed by atoms with Crippen LogP contribution in [-0.4, -0.2) is 75.8 Å². The largest absolute Gasteiger partial charge is 0.401 e. The minimum absolute atomic E-state index is 0.00362. The van der Waals surface area contributed by atoms with E-state index >= 15 is 0 Å². The van der Waals surface area contributed by atoms with Gasteiger partial charge >= 0.3 is 6.18 Å². The molecule has 1 aromatic heterocycles. The van der Waals surface area contributed by atoms with Gasteiger partial charge in [0.15, 0.2) is 10.2 Å². The predicted octanol–water partition coefficient (Wildman–Crippen LogP) is 3.04. The first kappa shape index (κ1) is 23.1. The van der Waals surface area contributed by atoms with Crippen LogP contribution >= 0.6 is 11.8 Å². The number of fused-ring (bicyclic) bond motifs is 1. The van der Waals surface area contributed by atoms with Gasteiger partial charge in [0.1, 0.15) is 0 Å². The number of aromatic amines is 1. The number of halogens is 3. The summed E-state index contributed by atoms with van der Waals surface area (Å²) >= 11 is 0.715. The predicted molar refractivity (Wildman–Crippen MR) is 117 cm³/mol. The average Bonchev–Trinajstić information content (AvgIpc) is 3.10. The van der Waals surface area contributed by atoms with Crippen molar-refractivity contribution in [3.05, 3.63) is 36.0 Å². The Morgan fingerprint density at radius 3 is 2.58 bits per heavy atom. The summed E-state index contributed by atoms with van der Waals surface area (Å²) in [6, 6.07) is 7.65. The first-order valence-electron chi connectivity index (χ1n) is 9.87. The molecule has 31 heavy (non-hydrogen) atoms. The summed E-state index contributed by atoms with van der Waals surface area (Å²) in [5.74, 6) is -0.571. The highest BCUT2D eigenvalue weighted by molar-refractivity contribution is 8.27. The van der Waals surface area contributed by atoms with Gasteiger partial charge in [-0.2, -0.15) is 13.2 Å². The number of alkyl halides is 3. The molecule has 1 amide bonds. The van der Waals surface area contributed by atoms with Crippen molar-refractivity contribution in [3.63, 3.8) is 0 Å². The Morgan fingerprint density at radius 2 is 1.90 bits per heavy atom. The van der Waals surface area contributed by atoms with Crippen LogP contribution in [0.3, 0.4) is 0 Å². The molecule has 168 valence electrons. The number of carbonyl (C=O) groups is 1. The monoisotopic (exact) mass is 454 g/mol. The fourth-order valence-electron chi connectivity index (χ4n) is 3.54. The molecule has 1 aliphatic heterocycles. The number of amidine groups is 1. The first-order chi connectivity index (χ1) is 14.6. The van der Waals surface area contributed by atoms with Crippen LogP contribution < -0.4 is 5.32 Å². The maximum atomic E-state index is 12.5. The third-order valence-corrected chi connectivity index (χ3v) is 5.89. The molecule has 3 rings (SSSR count). The van der Waals surface area contributed by atoms with Gasteiger partial charge in [-0.25, -0.2) is 0 Å². The number of aromatic nitrogens is 1. The van der Waals surface area contributed by atoms with Crippen molar-refractivity contribution in [1.82, 2.24) is 20.1 Å². The van der Waals surface area contributed by atoms with Gasteiger partial charge < -0.3 is 15.2 Å². The number of rotatable bonds is 4. The normalized spacial score (nSPS) is 16.3.